The van der Waals surface area contributed by atoms with Gasteiger partial charge < -0.3 is 0 Å². The van der Waals surface area contributed by atoms with E-state index in [9.17, 15) is 4.79 Å². The molecule has 0 saturated carbocycles. The highest BCUT2D eigenvalue weighted by molar-refractivity contribution is 6.06. The highest BCUT2D eigenvalue weighted by atomic mass is 16.1. The maximum Gasteiger partial charge on any atom is 0.187 e. The second-order valence-corrected chi connectivity index (χ2v) is 3.23. The molecule has 2 rings (SSSR count). The van der Waals surface area contributed by atoms with Crippen LogP contribution in [0.25, 0.3) is 6.08 Å². The Labute approximate surface area is 93.5 Å². The summed E-state index contributed by atoms with van der Waals surface area (Å²) >= 11 is 0. The molecule has 3 nitrogen and oxygen atoms in total. The molecule has 0 amide bonds. The lowest BCUT2D eigenvalue weighted by molar-refractivity contribution is 0.104. The van der Waals surface area contributed by atoms with Gasteiger partial charge in [-0.2, -0.15) is 0 Å². The minimum Gasteiger partial charge on any atom is -0.289 e. The van der Waals surface area contributed by atoms with E-state index in [2.05, 4.69) is 9.97 Å². The molecule has 3 heteroatoms. The fourth-order valence-electron chi connectivity index (χ4n) is 1.25. The number of pyridine rings is 2. The number of aromatic nitrogens is 2. The fourth-order valence-corrected chi connectivity index (χ4v) is 1.25. The second-order valence-electron chi connectivity index (χ2n) is 3.23. The summed E-state index contributed by atoms with van der Waals surface area (Å²) in [6, 6.07) is 7.20. The van der Waals surface area contributed by atoms with Gasteiger partial charge in [-0.15, -0.1) is 0 Å². The SMILES string of the molecule is O=C(/C=C\c1cccnc1)c1cccnc1. The summed E-state index contributed by atoms with van der Waals surface area (Å²) in [7, 11) is 0. The minimum atomic E-state index is -0.0584. The third-order valence-electron chi connectivity index (χ3n) is 2.06. The minimum absolute atomic E-state index is 0.0584. The van der Waals surface area contributed by atoms with Crippen molar-refractivity contribution in [3.8, 4) is 0 Å². The summed E-state index contributed by atoms with van der Waals surface area (Å²) < 4.78 is 0. The molecule has 0 bridgehead atoms. The molecular weight excluding hydrogens is 200 g/mol. The van der Waals surface area contributed by atoms with Crippen LogP contribution in [0.3, 0.4) is 0 Å². The first-order valence-corrected chi connectivity index (χ1v) is 4.89. The zero-order valence-electron chi connectivity index (χ0n) is 8.58. The molecule has 0 N–H and O–H groups in total. The van der Waals surface area contributed by atoms with Crippen LogP contribution in [0.2, 0.25) is 0 Å². The van der Waals surface area contributed by atoms with Crippen molar-refractivity contribution in [1.29, 1.82) is 0 Å². The first-order valence-electron chi connectivity index (χ1n) is 4.89. The van der Waals surface area contributed by atoms with Gasteiger partial charge in [0.15, 0.2) is 5.78 Å². The summed E-state index contributed by atoms with van der Waals surface area (Å²) in [4.78, 5) is 19.5. The van der Waals surface area contributed by atoms with Crippen molar-refractivity contribution in [2.24, 2.45) is 0 Å². The van der Waals surface area contributed by atoms with Gasteiger partial charge in [-0.3, -0.25) is 14.8 Å². The number of hydrogen-bond acceptors (Lipinski definition) is 3. The van der Waals surface area contributed by atoms with Crippen molar-refractivity contribution in [3.05, 3.63) is 66.3 Å². The standard InChI is InChI=1S/C13H10N2O/c16-13(12-4-2-8-15-10-12)6-5-11-3-1-7-14-9-11/h1-10H/b6-5-. The van der Waals surface area contributed by atoms with Crippen molar-refractivity contribution in [2.45, 2.75) is 0 Å². The maximum absolute atomic E-state index is 11.7. The maximum atomic E-state index is 11.7. The molecule has 2 aromatic heterocycles. The Balaban J connectivity index is 2.12. The Morgan fingerprint density at radius 2 is 1.81 bits per heavy atom. The first kappa shape index (κ1) is 10.2. The van der Waals surface area contributed by atoms with Crippen LogP contribution in [0.4, 0.5) is 0 Å². The van der Waals surface area contributed by atoms with Gasteiger partial charge >= 0.3 is 0 Å². The smallest absolute Gasteiger partial charge is 0.187 e. The molecule has 0 atom stereocenters. The van der Waals surface area contributed by atoms with E-state index in [1.54, 1.807) is 43.0 Å². The molecule has 0 saturated heterocycles. The Morgan fingerprint density at radius 1 is 1.06 bits per heavy atom. The van der Waals surface area contributed by atoms with Gasteiger partial charge in [0.1, 0.15) is 0 Å². The second kappa shape index (κ2) is 4.98. The lowest BCUT2D eigenvalue weighted by atomic mass is 10.1. The highest BCUT2D eigenvalue weighted by Crippen LogP contribution is 2.03. The van der Waals surface area contributed by atoms with Gasteiger partial charge in [0.05, 0.1) is 0 Å². The summed E-state index contributed by atoms with van der Waals surface area (Å²) in [5, 5.41) is 0. The molecule has 2 heterocycles. The molecule has 0 fully saturated rings. The molecule has 0 aliphatic carbocycles. The Morgan fingerprint density at radius 3 is 2.44 bits per heavy atom. The fraction of sp³-hybridized carbons (Fsp3) is 0. The van der Waals surface area contributed by atoms with E-state index in [1.807, 2.05) is 12.1 Å². The lowest BCUT2D eigenvalue weighted by Crippen LogP contribution is -1.93. The summed E-state index contributed by atoms with van der Waals surface area (Å²) in [6.07, 6.45) is 9.85. The Kier molecular flexibility index (Phi) is 3.18. The molecule has 0 aliphatic rings. The molecule has 16 heavy (non-hydrogen) atoms. The molecule has 78 valence electrons. The number of carbonyl (C=O) groups is 1. The van der Waals surface area contributed by atoms with Crippen LogP contribution < -0.4 is 0 Å². The van der Waals surface area contributed by atoms with Crippen LogP contribution >= 0.6 is 0 Å². The number of ketones is 1. The van der Waals surface area contributed by atoms with Gasteiger partial charge in [0.2, 0.25) is 0 Å². The number of carbonyl (C=O) groups excluding carboxylic acids is 1. The Bertz CT molecular complexity index is 492. The van der Waals surface area contributed by atoms with Gasteiger partial charge in [0.25, 0.3) is 0 Å². The predicted octanol–water partition coefficient (Wildman–Crippen LogP) is 2.37. The van der Waals surface area contributed by atoms with Crippen LogP contribution in [-0.2, 0) is 0 Å². The van der Waals surface area contributed by atoms with E-state index in [4.69, 9.17) is 0 Å². The van der Waals surface area contributed by atoms with Crippen molar-refractivity contribution in [2.75, 3.05) is 0 Å². The normalized spacial score (nSPS) is 10.5. The van der Waals surface area contributed by atoms with Gasteiger partial charge in [-0.05, 0) is 35.9 Å². The summed E-state index contributed by atoms with van der Waals surface area (Å²) in [5.74, 6) is -0.0584. The number of allylic oxidation sites excluding steroid dienone is 1. The van der Waals surface area contributed by atoms with Crippen molar-refractivity contribution >= 4 is 11.9 Å². The Hall–Kier alpha value is -2.29. The number of rotatable bonds is 3. The third-order valence-corrected chi connectivity index (χ3v) is 2.06. The summed E-state index contributed by atoms with van der Waals surface area (Å²) in [5.41, 5.74) is 1.49. The van der Waals surface area contributed by atoms with E-state index in [0.29, 0.717) is 5.56 Å². The van der Waals surface area contributed by atoms with E-state index < -0.39 is 0 Å². The van der Waals surface area contributed by atoms with Gasteiger partial charge in [-0.25, -0.2) is 0 Å². The van der Waals surface area contributed by atoms with Crippen LogP contribution in [0.15, 0.2) is 55.1 Å². The molecule has 0 aromatic carbocycles. The van der Waals surface area contributed by atoms with Gasteiger partial charge in [-0.1, -0.05) is 6.07 Å². The monoisotopic (exact) mass is 210 g/mol. The third kappa shape index (κ3) is 2.60. The highest BCUT2D eigenvalue weighted by Gasteiger charge is 1.99. The van der Waals surface area contributed by atoms with E-state index in [-0.39, 0.29) is 5.78 Å². The zero-order chi connectivity index (χ0) is 11.2. The van der Waals surface area contributed by atoms with Crippen LogP contribution in [0.5, 0.6) is 0 Å². The quantitative estimate of drug-likeness (QED) is 0.577. The van der Waals surface area contributed by atoms with Crippen LogP contribution in [-0.4, -0.2) is 15.8 Å². The zero-order valence-corrected chi connectivity index (χ0v) is 8.58. The molecular formula is C13H10N2O. The van der Waals surface area contributed by atoms with E-state index >= 15 is 0 Å². The lowest BCUT2D eigenvalue weighted by Gasteiger charge is -1.93. The largest absolute Gasteiger partial charge is 0.289 e. The van der Waals surface area contributed by atoms with Gasteiger partial charge in [0, 0.05) is 30.4 Å². The van der Waals surface area contributed by atoms with E-state index in [0.717, 1.165) is 5.56 Å². The molecule has 0 spiro atoms. The molecule has 0 radical (unpaired) electrons. The van der Waals surface area contributed by atoms with E-state index in [1.165, 1.54) is 6.08 Å². The molecule has 0 aliphatic heterocycles. The molecule has 0 unspecified atom stereocenters. The van der Waals surface area contributed by atoms with Crippen molar-refractivity contribution in [1.82, 2.24) is 9.97 Å². The predicted molar refractivity (Wildman–Crippen MR) is 61.8 cm³/mol. The topological polar surface area (TPSA) is 42.9 Å². The van der Waals surface area contributed by atoms with Crippen LogP contribution in [0, 0.1) is 0 Å². The van der Waals surface area contributed by atoms with Crippen molar-refractivity contribution < 1.29 is 4.79 Å². The average molecular weight is 210 g/mol. The average Bonchev–Trinajstić information content (AvgIpc) is 2.38. The first-order chi connectivity index (χ1) is 7.86. The van der Waals surface area contributed by atoms with Crippen LogP contribution in [0.1, 0.15) is 15.9 Å². The number of hydrogen-bond donors (Lipinski definition) is 0. The summed E-state index contributed by atoms with van der Waals surface area (Å²) in [6.45, 7) is 0. The number of nitrogens with zero attached hydrogens (tertiary/aromatic N) is 2. The van der Waals surface area contributed by atoms with Crippen molar-refractivity contribution in [3.63, 3.8) is 0 Å². The molecule has 2 aromatic rings.